The first-order valence-electron chi connectivity index (χ1n) is 4.73. The highest BCUT2D eigenvalue weighted by Gasteiger charge is 2.18. The number of esters is 1. The van der Waals surface area contributed by atoms with Crippen LogP contribution in [-0.2, 0) is 4.74 Å². The molecule has 0 radical (unpaired) electrons. The van der Waals surface area contributed by atoms with Gasteiger partial charge in [0.1, 0.15) is 11.1 Å². The molecule has 6 heteroatoms. The van der Waals surface area contributed by atoms with E-state index < -0.39 is 11.8 Å². The van der Waals surface area contributed by atoms with Crippen LogP contribution in [0.4, 0.5) is 10.1 Å². The Kier molecular flexibility index (Phi) is 2.47. The third-order valence-electron chi connectivity index (χ3n) is 2.15. The van der Waals surface area contributed by atoms with Crippen molar-refractivity contribution in [2.75, 3.05) is 12.3 Å². The van der Waals surface area contributed by atoms with Crippen LogP contribution in [0.25, 0.3) is 5.52 Å². The van der Waals surface area contributed by atoms with Gasteiger partial charge < -0.3 is 10.5 Å². The summed E-state index contributed by atoms with van der Waals surface area (Å²) in [5.41, 5.74) is 5.51. The van der Waals surface area contributed by atoms with E-state index in [9.17, 15) is 9.18 Å². The van der Waals surface area contributed by atoms with Gasteiger partial charge in [-0.25, -0.2) is 13.7 Å². The number of nitrogens with zero attached hydrogens (tertiary/aromatic N) is 2. The minimum atomic E-state index is -0.664. The maximum absolute atomic E-state index is 13.7. The van der Waals surface area contributed by atoms with Crippen LogP contribution >= 0.6 is 0 Å². The highest BCUT2D eigenvalue weighted by molar-refractivity contribution is 5.97. The fourth-order valence-electron chi connectivity index (χ4n) is 1.41. The van der Waals surface area contributed by atoms with E-state index in [0.29, 0.717) is 0 Å². The van der Waals surface area contributed by atoms with Crippen molar-refractivity contribution in [1.29, 1.82) is 0 Å². The average Bonchev–Trinajstić information content (AvgIpc) is 2.68. The van der Waals surface area contributed by atoms with Crippen molar-refractivity contribution in [2.24, 2.45) is 0 Å². The SMILES string of the molecule is CCOC(=O)c1cnn2ccc(N)c(F)c12. The number of nitrogens with two attached hydrogens (primary N) is 1. The van der Waals surface area contributed by atoms with Gasteiger partial charge in [0, 0.05) is 6.20 Å². The number of carbonyl (C=O) groups is 1. The number of fused-ring (bicyclic) bond motifs is 1. The second kappa shape index (κ2) is 3.80. The summed E-state index contributed by atoms with van der Waals surface area (Å²) in [5, 5.41) is 3.84. The Hall–Kier alpha value is -2.11. The molecule has 0 amide bonds. The zero-order valence-corrected chi connectivity index (χ0v) is 8.61. The molecule has 0 fully saturated rings. The summed E-state index contributed by atoms with van der Waals surface area (Å²) < 4.78 is 19.7. The molecular formula is C10H10FN3O2. The first kappa shape index (κ1) is 10.4. The Bertz CT molecular complexity index is 550. The summed E-state index contributed by atoms with van der Waals surface area (Å²) in [6.45, 7) is 1.90. The third-order valence-corrected chi connectivity index (χ3v) is 2.15. The number of hydrogen-bond acceptors (Lipinski definition) is 4. The van der Waals surface area contributed by atoms with Gasteiger partial charge in [-0.2, -0.15) is 5.10 Å². The molecule has 0 aliphatic rings. The van der Waals surface area contributed by atoms with E-state index in [1.165, 1.54) is 23.0 Å². The number of nitrogen functional groups attached to an aromatic ring is 1. The van der Waals surface area contributed by atoms with Crippen LogP contribution in [0.1, 0.15) is 17.3 Å². The minimum absolute atomic E-state index is 0.0291. The van der Waals surface area contributed by atoms with Crippen molar-refractivity contribution < 1.29 is 13.9 Å². The molecule has 16 heavy (non-hydrogen) atoms. The van der Waals surface area contributed by atoms with Crippen LogP contribution in [0.2, 0.25) is 0 Å². The first-order valence-corrected chi connectivity index (χ1v) is 4.73. The lowest BCUT2D eigenvalue weighted by atomic mass is 10.2. The normalized spacial score (nSPS) is 10.6. The molecule has 2 heterocycles. The predicted molar refractivity (Wildman–Crippen MR) is 55.5 cm³/mol. The van der Waals surface area contributed by atoms with Crippen molar-refractivity contribution in [2.45, 2.75) is 6.92 Å². The summed E-state index contributed by atoms with van der Waals surface area (Å²) in [6.07, 6.45) is 2.74. The van der Waals surface area contributed by atoms with E-state index >= 15 is 0 Å². The van der Waals surface area contributed by atoms with E-state index in [1.807, 2.05) is 0 Å². The molecule has 84 valence electrons. The van der Waals surface area contributed by atoms with E-state index in [2.05, 4.69) is 5.10 Å². The molecule has 0 saturated heterocycles. The molecule has 5 nitrogen and oxygen atoms in total. The highest BCUT2D eigenvalue weighted by Crippen LogP contribution is 2.20. The Labute approximate surface area is 90.6 Å². The molecule has 0 saturated carbocycles. The number of ether oxygens (including phenoxy) is 1. The topological polar surface area (TPSA) is 69.6 Å². The van der Waals surface area contributed by atoms with Gasteiger partial charge in [-0.05, 0) is 13.0 Å². The van der Waals surface area contributed by atoms with E-state index in [4.69, 9.17) is 10.5 Å². The summed E-state index contributed by atoms with van der Waals surface area (Å²) >= 11 is 0. The van der Waals surface area contributed by atoms with Gasteiger partial charge >= 0.3 is 5.97 Å². The lowest BCUT2D eigenvalue weighted by molar-refractivity contribution is 0.0528. The molecule has 0 aromatic carbocycles. The quantitative estimate of drug-likeness (QED) is 0.777. The maximum Gasteiger partial charge on any atom is 0.342 e. The Balaban J connectivity index is 2.63. The molecule has 0 atom stereocenters. The highest BCUT2D eigenvalue weighted by atomic mass is 19.1. The van der Waals surface area contributed by atoms with Crippen molar-refractivity contribution in [3.8, 4) is 0 Å². The van der Waals surface area contributed by atoms with E-state index in [1.54, 1.807) is 6.92 Å². The zero-order valence-electron chi connectivity index (χ0n) is 8.61. The Morgan fingerprint density at radius 1 is 1.69 bits per heavy atom. The van der Waals surface area contributed by atoms with Crippen LogP contribution in [-0.4, -0.2) is 22.2 Å². The first-order chi connectivity index (χ1) is 7.65. The van der Waals surface area contributed by atoms with Gasteiger partial charge in [0.25, 0.3) is 0 Å². The molecule has 0 aliphatic heterocycles. The Morgan fingerprint density at radius 3 is 3.12 bits per heavy atom. The van der Waals surface area contributed by atoms with Gasteiger partial charge in [0.05, 0.1) is 18.5 Å². The summed E-state index contributed by atoms with van der Waals surface area (Å²) in [5.74, 6) is -1.27. The van der Waals surface area contributed by atoms with E-state index in [0.717, 1.165) is 0 Å². The van der Waals surface area contributed by atoms with Crippen molar-refractivity contribution >= 4 is 17.2 Å². The van der Waals surface area contributed by atoms with Crippen LogP contribution in [0.5, 0.6) is 0 Å². The number of anilines is 1. The molecule has 0 bridgehead atoms. The summed E-state index contributed by atoms with van der Waals surface area (Å²) in [6, 6.07) is 1.38. The smallest absolute Gasteiger partial charge is 0.342 e. The molecule has 0 aliphatic carbocycles. The van der Waals surface area contributed by atoms with Crippen LogP contribution < -0.4 is 5.73 Å². The fourth-order valence-corrected chi connectivity index (χ4v) is 1.41. The van der Waals surface area contributed by atoms with Crippen LogP contribution in [0.3, 0.4) is 0 Å². The molecule has 2 rings (SSSR count). The molecule has 2 aromatic rings. The van der Waals surface area contributed by atoms with Crippen molar-refractivity contribution in [1.82, 2.24) is 9.61 Å². The van der Waals surface area contributed by atoms with Crippen LogP contribution in [0, 0.1) is 5.82 Å². The number of halogens is 1. The van der Waals surface area contributed by atoms with Gasteiger partial charge in [0.2, 0.25) is 0 Å². The lowest BCUT2D eigenvalue weighted by Gasteiger charge is -2.02. The predicted octanol–water partition coefficient (Wildman–Crippen LogP) is 1.23. The standard InChI is InChI=1S/C10H10FN3O2/c1-2-16-10(15)6-5-13-14-4-3-7(12)8(11)9(6)14/h3-5H,2,12H2,1H3. The molecule has 0 spiro atoms. The van der Waals surface area contributed by atoms with Crippen molar-refractivity contribution in [3.05, 3.63) is 29.8 Å². The molecule has 2 aromatic heterocycles. The van der Waals surface area contributed by atoms with Gasteiger partial charge in [0.15, 0.2) is 5.82 Å². The van der Waals surface area contributed by atoms with Crippen molar-refractivity contribution in [3.63, 3.8) is 0 Å². The number of rotatable bonds is 2. The zero-order chi connectivity index (χ0) is 11.7. The fraction of sp³-hybridized carbons (Fsp3) is 0.200. The number of aromatic nitrogens is 2. The monoisotopic (exact) mass is 223 g/mol. The minimum Gasteiger partial charge on any atom is -0.462 e. The summed E-state index contributed by atoms with van der Waals surface area (Å²) in [7, 11) is 0. The third kappa shape index (κ3) is 1.48. The number of carbonyl (C=O) groups excluding carboxylic acids is 1. The maximum atomic E-state index is 13.7. The largest absolute Gasteiger partial charge is 0.462 e. The second-order valence-corrected chi connectivity index (χ2v) is 3.16. The number of pyridine rings is 1. The molecular weight excluding hydrogens is 213 g/mol. The van der Waals surface area contributed by atoms with Gasteiger partial charge in [-0.15, -0.1) is 0 Å². The van der Waals surface area contributed by atoms with Gasteiger partial charge in [-0.1, -0.05) is 0 Å². The van der Waals surface area contributed by atoms with Gasteiger partial charge in [-0.3, -0.25) is 0 Å². The summed E-state index contributed by atoms with van der Waals surface area (Å²) in [4.78, 5) is 11.5. The second-order valence-electron chi connectivity index (χ2n) is 3.16. The lowest BCUT2D eigenvalue weighted by Crippen LogP contribution is -2.05. The number of hydrogen-bond donors (Lipinski definition) is 1. The average molecular weight is 223 g/mol. The molecule has 2 N–H and O–H groups in total. The molecule has 0 unspecified atom stereocenters. The Morgan fingerprint density at radius 2 is 2.44 bits per heavy atom. The van der Waals surface area contributed by atoms with E-state index in [-0.39, 0.29) is 23.4 Å². The van der Waals surface area contributed by atoms with Crippen LogP contribution in [0.15, 0.2) is 18.5 Å².